The Bertz CT molecular complexity index is 862. The topological polar surface area (TPSA) is 49.7 Å². The molecule has 5 nitrogen and oxygen atoms in total. The van der Waals surface area contributed by atoms with Crippen LogP contribution in [0.3, 0.4) is 0 Å². The van der Waals surface area contributed by atoms with Crippen LogP contribution in [-0.2, 0) is 20.8 Å². The highest BCUT2D eigenvalue weighted by Gasteiger charge is 2.10. The highest BCUT2D eigenvalue weighted by atomic mass is 19.1. The van der Waals surface area contributed by atoms with E-state index in [2.05, 4.69) is 6.07 Å². The number of aldehydes is 1. The Balaban J connectivity index is 1.64. The van der Waals surface area contributed by atoms with E-state index in [1.54, 1.807) is 0 Å². The molecule has 0 N–H and O–H groups in total. The first-order valence-electron chi connectivity index (χ1n) is 8.64. The Hall–Kier alpha value is -2.44. The van der Waals surface area contributed by atoms with Crippen LogP contribution in [0.1, 0.15) is 0 Å². The van der Waals surface area contributed by atoms with Crippen LogP contribution in [0.4, 0.5) is 4.39 Å². The van der Waals surface area contributed by atoms with E-state index >= 15 is 0 Å². The summed E-state index contributed by atoms with van der Waals surface area (Å²) in [5.74, 6) is 0.727. The summed E-state index contributed by atoms with van der Waals surface area (Å²) in [4.78, 5) is 11.1. The lowest BCUT2D eigenvalue weighted by molar-refractivity contribution is -0.108. The number of hydrogen-bond acceptors (Lipinski definition) is 4. The van der Waals surface area contributed by atoms with Crippen molar-refractivity contribution in [1.29, 1.82) is 0 Å². The largest absolute Gasteiger partial charge is 0.491 e. The lowest BCUT2D eigenvalue weighted by Crippen LogP contribution is -2.11. The third-order valence-electron chi connectivity index (χ3n) is 4.09. The Morgan fingerprint density at radius 3 is 2.42 bits per heavy atom. The van der Waals surface area contributed by atoms with Crippen molar-refractivity contribution in [3.63, 3.8) is 0 Å². The van der Waals surface area contributed by atoms with E-state index in [1.165, 1.54) is 0 Å². The van der Waals surface area contributed by atoms with E-state index in [0.29, 0.717) is 33.0 Å². The van der Waals surface area contributed by atoms with Crippen LogP contribution in [-0.4, -0.2) is 50.6 Å². The van der Waals surface area contributed by atoms with Gasteiger partial charge in [0.1, 0.15) is 25.3 Å². The molecule has 0 spiro atoms. The summed E-state index contributed by atoms with van der Waals surface area (Å²) in [5.41, 5.74) is 2.00. The quantitative estimate of drug-likeness (QED) is 0.389. The van der Waals surface area contributed by atoms with E-state index in [-0.39, 0.29) is 6.61 Å². The number of carbonyl (C=O) groups excluding carboxylic acids is 1. The molecule has 3 aromatic rings. The van der Waals surface area contributed by atoms with Gasteiger partial charge in [0.25, 0.3) is 0 Å². The zero-order valence-electron chi connectivity index (χ0n) is 14.5. The maximum atomic E-state index is 11.9. The van der Waals surface area contributed by atoms with Crippen LogP contribution >= 0.6 is 0 Å². The van der Waals surface area contributed by atoms with Gasteiger partial charge in [0.05, 0.1) is 38.5 Å². The summed E-state index contributed by atoms with van der Waals surface area (Å²) >= 11 is 0. The molecule has 0 aliphatic rings. The number of alkyl halides is 1. The summed E-state index contributed by atoms with van der Waals surface area (Å²) in [5, 5.41) is 2.21. The van der Waals surface area contributed by atoms with Gasteiger partial charge in [0.2, 0.25) is 0 Å². The number of benzene rings is 2. The highest BCUT2D eigenvalue weighted by Crippen LogP contribution is 2.31. The van der Waals surface area contributed by atoms with Gasteiger partial charge in [-0.25, -0.2) is 4.39 Å². The summed E-state index contributed by atoms with van der Waals surface area (Å²) in [6.45, 7) is 1.55. The minimum absolute atomic E-state index is 0.106. The number of para-hydroxylation sites is 1. The minimum Gasteiger partial charge on any atom is -0.491 e. The van der Waals surface area contributed by atoms with Gasteiger partial charge in [-0.1, -0.05) is 18.2 Å². The molecule has 1 aromatic heterocycles. The fraction of sp³-hybridized carbons (Fsp3) is 0.350. The Kier molecular flexibility index (Phi) is 6.57. The molecule has 138 valence electrons. The zero-order valence-corrected chi connectivity index (χ0v) is 14.5. The van der Waals surface area contributed by atoms with E-state index in [0.717, 1.165) is 33.8 Å². The van der Waals surface area contributed by atoms with Crippen molar-refractivity contribution >= 4 is 28.1 Å². The molecule has 0 bridgehead atoms. The molecule has 0 amide bonds. The number of rotatable bonds is 11. The van der Waals surface area contributed by atoms with Gasteiger partial charge < -0.3 is 23.6 Å². The van der Waals surface area contributed by atoms with Crippen LogP contribution in [0.5, 0.6) is 5.75 Å². The number of fused-ring (bicyclic) bond motifs is 3. The number of hydrogen-bond donors (Lipinski definition) is 0. The predicted octanol–water partition coefficient (Wildman–Crippen LogP) is 3.37. The molecule has 2 aromatic carbocycles. The standard InChI is InChI=1S/C20H22FNO4/c21-7-10-24-11-12-25-13-14-26-16-5-6-18-17-3-1-2-4-19(17)22(8-9-23)20(18)15-16/h1-6,9,15H,7-8,10-14H2. The van der Waals surface area contributed by atoms with Gasteiger partial charge in [0, 0.05) is 22.4 Å². The van der Waals surface area contributed by atoms with Crippen molar-refractivity contribution in [3.8, 4) is 5.75 Å². The third-order valence-corrected chi connectivity index (χ3v) is 4.09. The van der Waals surface area contributed by atoms with Gasteiger partial charge in [-0.05, 0) is 18.2 Å². The van der Waals surface area contributed by atoms with Gasteiger partial charge in [0.15, 0.2) is 0 Å². The molecular formula is C20H22FNO4. The van der Waals surface area contributed by atoms with Crippen molar-refractivity contribution in [2.45, 2.75) is 6.54 Å². The molecule has 0 unspecified atom stereocenters. The van der Waals surface area contributed by atoms with Crippen LogP contribution in [0, 0.1) is 0 Å². The maximum Gasteiger partial charge on any atom is 0.139 e. The number of nitrogens with zero attached hydrogens (tertiary/aromatic N) is 1. The van der Waals surface area contributed by atoms with Crippen LogP contribution < -0.4 is 4.74 Å². The summed E-state index contributed by atoms with van der Waals surface area (Å²) in [6, 6.07) is 13.9. The maximum absolute atomic E-state index is 11.9. The second-order valence-corrected chi connectivity index (χ2v) is 5.74. The fourth-order valence-electron chi connectivity index (χ4n) is 2.99. The molecule has 1 heterocycles. The molecule has 26 heavy (non-hydrogen) atoms. The fourth-order valence-corrected chi connectivity index (χ4v) is 2.99. The molecule has 0 saturated carbocycles. The van der Waals surface area contributed by atoms with Crippen molar-refractivity contribution in [2.75, 3.05) is 39.7 Å². The van der Waals surface area contributed by atoms with E-state index in [4.69, 9.17) is 14.2 Å². The molecule has 0 fully saturated rings. The second-order valence-electron chi connectivity index (χ2n) is 5.74. The second kappa shape index (κ2) is 9.31. The van der Waals surface area contributed by atoms with Crippen molar-refractivity contribution in [2.24, 2.45) is 0 Å². The first kappa shape index (κ1) is 18.4. The van der Waals surface area contributed by atoms with Gasteiger partial charge in [-0.3, -0.25) is 0 Å². The smallest absolute Gasteiger partial charge is 0.139 e. The summed E-state index contributed by atoms with van der Waals surface area (Å²) in [7, 11) is 0. The molecule has 0 aliphatic carbocycles. The summed E-state index contributed by atoms with van der Waals surface area (Å²) in [6.07, 6.45) is 0.901. The number of carbonyl (C=O) groups is 1. The highest BCUT2D eigenvalue weighted by molar-refractivity contribution is 6.08. The third kappa shape index (κ3) is 4.20. The molecular weight excluding hydrogens is 337 g/mol. The molecule has 0 radical (unpaired) electrons. The lowest BCUT2D eigenvalue weighted by Gasteiger charge is -2.08. The average molecular weight is 359 g/mol. The minimum atomic E-state index is -0.480. The van der Waals surface area contributed by atoms with Crippen LogP contribution in [0.2, 0.25) is 0 Å². The predicted molar refractivity (Wildman–Crippen MR) is 98.6 cm³/mol. The monoisotopic (exact) mass is 359 g/mol. The lowest BCUT2D eigenvalue weighted by atomic mass is 10.1. The Morgan fingerprint density at radius 2 is 1.62 bits per heavy atom. The van der Waals surface area contributed by atoms with Gasteiger partial charge in [-0.15, -0.1) is 0 Å². The molecule has 3 rings (SSSR count). The van der Waals surface area contributed by atoms with E-state index in [9.17, 15) is 9.18 Å². The SMILES string of the molecule is O=CCn1c2ccccc2c2ccc(OCCOCCOCCF)cc21. The first-order valence-corrected chi connectivity index (χ1v) is 8.64. The number of halogens is 1. The van der Waals surface area contributed by atoms with Gasteiger partial charge in [-0.2, -0.15) is 0 Å². The normalized spacial score (nSPS) is 11.3. The van der Waals surface area contributed by atoms with Crippen molar-refractivity contribution in [3.05, 3.63) is 42.5 Å². The molecule has 0 saturated heterocycles. The Morgan fingerprint density at radius 1 is 0.885 bits per heavy atom. The van der Waals surface area contributed by atoms with Crippen LogP contribution in [0.15, 0.2) is 42.5 Å². The number of aromatic nitrogens is 1. The molecule has 0 atom stereocenters. The van der Waals surface area contributed by atoms with Crippen molar-refractivity contribution < 1.29 is 23.4 Å². The Labute approximate surface area is 151 Å². The van der Waals surface area contributed by atoms with E-state index < -0.39 is 6.67 Å². The van der Waals surface area contributed by atoms with Crippen molar-refractivity contribution in [1.82, 2.24) is 4.57 Å². The molecule has 0 aliphatic heterocycles. The van der Waals surface area contributed by atoms with Crippen LogP contribution in [0.25, 0.3) is 21.8 Å². The first-order chi connectivity index (χ1) is 12.8. The molecule has 6 heteroatoms. The zero-order chi connectivity index (χ0) is 18.2. The average Bonchev–Trinajstić information content (AvgIpc) is 2.98. The number of ether oxygens (including phenoxy) is 3. The van der Waals surface area contributed by atoms with Gasteiger partial charge >= 0.3 is 0 Å². The van der Waals surface area contributed by atoms with E-state index in [1.807, 2.05) is 41.0 Å². The summed E-state index contributed by atoms with van der Waals surface area (Å²) < 4.78 is 30.0.